The van der Waals surface area contributed by atoms with E-state index in [1.165, 1.54) is 14.0 Å². The number of halogens is 1. The fourth-order valence-electron chi connectivity index (χ4n) is 1.44. The van der Waals surface area contributed by atoms with Crippen molar-refractivity contribution in [2.45, 2.75) is 11.8 Å². The Kier molecular flexibility index (Phi) is 5.08. The fraction of sp³-hybridized carbons (Fsp3) is 0.400. The Morgan fingerprint density at radius 2 is 1.85 bits per heavy atom. The van der Waals surface area contributed by atoms with Gasteiger partial charge < -0.3 is 5.73 Å². The summed E-state index contributed by atoms with van der Waals surface area (Å²) in [6.07, 6.45) is 0. The predicted molar refractivity (Wildman–Crippen MR) is 73.6 cm³/mol. The molecule has 0 saturated heterocycles. The summed E-state index contributed by atoms with van der Waals surface area (Å²) in [5.41, 5.74) is 5.29. The van der Waals surface area contributed by atoms with E-state index in [0.717, 1.165) is 12.1 Å². The zero-order chi connectivity index (χ0) is 15.6. The highest BCUT2D eigenvalue weighted by molar-refractivity contribution is 7.90. The minimum atomic E-state index is -4.03. The van der Waals surface area contributed by atoms with Gasteiger partial charge in [-0.05, 0) is 26.1 Å². The number of nitrogens with two attached hydrogens (primary N) is 1. The van der Waals surface area contributed by atoms with Crippen molar-refractivity contribution in [3.05, 3.63) is 23.5 Å². The normalized spacial score (nSPS) is 12.6. The first-order valence-corrected chi connectivity index (χ1v) is 8.69. The largest absolute Gasteiger partial charge is 0.399 e. The molecule has 0 aliphatic rings. The monoisotopic (exact) mass is 325 g/mol. The summed E-state index contributed by atoms with van der Waals surface area (Å²) >= 11 is 0. The number of anilines is 1. The van der Waals surface area contributed by atoms with Gasteiger partial charge in [0.1, 0.15) is 5.82 Å². The molecule has 10 heteroatoms. The van der Waals surface area contributed by atoms with Crippen molar-refractivity contribution in [2.24, 2.45) is 0 Å². The van der Waals surface area contributed by atoms with E-state index < -0.39 is 31.6 Å². The van der Waals surface area contributed by atoms with Gasteiger partial charge in [-0.25, -0.2) is 30.7 Å². The Morgan fingerprint density at radius 3 is 2.40 bits per heavy atom. The Hall–Kier alpha value is -1.23. The van der Waals surface area contributed by atoms with Crippen LogP contribution in [-0.2, 0) is 20.0 Å². The second-order valence-electron chi connectivity index (χ2n) is 4.05. The lowest BCUT2D eigenvalue weighted by Gasteiger charge is -2.11. The molecule has 20 heavy (non-hydrogen) atoms. The maximum absolute atomic E-state index is 13.5. The predicted octanol–water partition coefficient (Wildman–Crippen LogP) is -0.456. The molecule has 0 aliphatic heterocycles. The molecule has 0 atom stereocenters. The second-order valence-corrected chi connectivity index (χ2v) is 7.83. The van der Waals surface area contributed by atoms with Gasteiger partial charge in [-0.3, -0.25) is 0 Å². The number of hydrogen-bond donors (Lipinski definition) is 3. The van der Waals surface area contributed by atoms with E-state index in [1.807, 2.05) is 0 Å². The minimum Gasteiger partial charge on any atom is -0.399 e. The van der Waals surface area contributed by atoms with E-state index in [0.29, 0.717) is 0 Å². The van der Waals surface area contributed by atoms with Crippen LogP contribution in [0.1, 0.15) is 5.56 Å². The highest BCUT2D eigenvalue weighted by atomic mass is 32.2. The molecule has 4 N–H and O–H groups in total. The van der Waals surface area contributed by atoms with Gasteiger partial charge in [-0.1, -0.05) is 0 Å². The topological polar surface area (TPSA) is 118 Å². The van der Waals surface area contributed by atoms with Crippen LogP contribution in [0.15, 0.2) is 17.0 Å². The molecule has 0 unspecified atom stereocenters. The van der Waals surface area contributed by atoms with Gasteiger partial charge in [0.25, 0.3) is 0 Å². The van der Waals surface area contributed by atoms with Crippen LogP contribution in [0.5, 0.6) is 0 Å². The Bertz CT molecular complexity index is 701. The first kappa shape index (κ1) is 16.8. The van der Waals surface area contributed by atoms with E-state index >= 15 is 0 Å². The maximum atomic E-state index is 13.5. The van der Waals surface area contributed by atoms with Crippen LogP contribution in [0.3, 0.4) is 0 Å². The van der Waals surface area contributed by atoms with Gasteiger partial charge in [-0.2, -0.15) is 0 Å². The van der Waals surface area contributed by atoms with Crippen LogP contribution in [0, 0.1) is 12.7 Å². The third-order valence-electron chi connectivity index (χ3n) is 2.58. The zero-order valence-electron chi connectivity index (χ0n) is 11.0. The van der Waals surface area contributed by atoms with Crippen LogP contribution in [0.2, 0.25) is 0 Å². The molecule has 0 amide bonds. The van der Waals surface area contributed by atoms with E-state index in [4.69, 9.17) is 5.73 Å². The average molecular weight is 325 g/mol. The molecule has 114 valence electrons. The maximum Gasteiger partial charge on any atom is 0.241 e. The summed E-state index contributed by atoms with van der Waals surface area (Å²) < 4.78 is 63.9. The molecule has 1 rings (SSSR count). The Labute approximate surface area is 117 Å². The van der Waals surface area contributed by atoms with Crippen LogP contribution < -0.4 is 15.2 Å². The number of benzene rings is 1. The molecule has 0 saturated carbocycles. The Morgan fingerprint density at radius 1 is 1.25 bits per heavy atom. The number of sulfonamides is 2. The van der Waals surface area contributed by atoms with Gasteiger partial charge in [-0.15, -0.1) is 0 Å². The molecule has 1 aromatic rings. The third-order valence-corrected chi connectivity index (χ3v) is 5.53. The Balaban J connectivity index is 2.96. The van der Waals surface area contributed by atoms with Gasteiger partial charge >= 0.3 is 0 Å². The number of nitrogen functional groups attached to an aromatic ring is 1. The highest BCUT2D eigenvalue weighted by Crippen LogP contribution is 2.21. The first-order valence-electron chi connectivity index (χ1n) is 5.55. The van der Waals surface area contributed by atoms with Crippen molar-refractivity contribution in [3.63, 3.8) is 0 Å². The summed E-state index contributed by atoms with van der Waals surface area (Å²) in [7, 11) is -6.33. The molecule has 0 aromatic heterocycles. The van der Waals surface area contributed by atoms with Crippen molar-refractivity contribution < 1.29 is 21.2 Å². The lowest BCUT2D eigenvalue weighted by molar-refractivity contribution is 0.573. The number of nitrogens with one attached hydrogen (secondary N) is 2. The van der Waals surface area contributed by atoms with Crippen LogP contribution in [0.25, 0.3) is 0 Å². The summed E-state index contributed by atoms with van der Waals surface area (Å²) in [6.45, 7) is 0.967. The van der Waals surface area contributed by atoms with Crippen molar-refractivity contribution >= 4 is 25.7 Å². The molecule has 7 nitrogen and oxygen atoms in total. The zero-order valence-corrected chi connectivity index (χ0v) is 12.6. The van der Waals surface area contributed by atoms with Crippen LogP contribution >= 0.6 is 0 Å². The molecule has 0 spiro atoms. The van der Waals surface area contributed by atoms with E-state index in [2.05, 4.69) is 9.44 Å². The summed E-state index contributed by atoms with van der Waals surface area (Å²) in [6, 6.07) is 2.13. The van der Waals surface area contributed by atoms with Crippen molar-refractivity contribution in [1.82, 2.24) is 9.44 Å². The molecule has 0 radical (unpaired) electrons. The molecule has 0 heterocycles. The molecular formula is C10H16FN3O4S2. The molecule has 0 fully saturated rings. The molecule has 0 aliphatic carbocycles. The molecule has 1 aromatic carbocycles. The van der Waals surface area contributed by atoms with E-state index in [1.54, 1.807) is 0 Å². The van der Waals surface area contributed by atoms with Crippen LogP contribution in [-0.4, -0.2) is 36.2 Å². The number of hydrogen-bond acceptors (Lipinski definition) is 5. The SMILES string of the molecule is CNS(=O)(=O)CCNS(=O)(=O)c1cc(N)cc(F)c1C. The molecule has 0 bridgehead atoms. The second kappa shape index (κ2) is 6.04. The van der Waals surface area contributed by atoms with E-state index in [9.17, 15) is 21.2 Å². The van der Waals surface area contributed by atoms with Crippen LogP contribution in [0.4, 0.5) is 10.1 Å². The summed E-state index contributed by atoms with van der Waals surface area (Å²) in [5.74, 6) is -1.17. The molecular weight excluding hydrogens is 309 g/mol. The smallest absolute Gasteiger partial charge is 0.241 e. The van der Waals surface area contributed by atoms with Crippen molar-refractivity contribution in [3.8, 4) is 0 Å². The van der Waals surface area contributed by atoms with Crippen molar-refractivity contribution in [2.75, 3.05) is 25.1 Å². The van der Waals surface area contributed by atoms with Gasteiger partial charge in [0, 0.05) is 17.8 Å². The van der Waals surface area contributed by atoms with Gasteiger partial charge in [0.05, 0.1) is 10.6 Å². The van der Waals surface area contributed by atoms with E-state index in [-0.39, 0.29) is 22.7 Å². The van der Waals surface area contributed by atoms with Crippen molar-refractivity contribution in [1.29, 1.82) is 0 Å². The first-order chi connectivity index (χ1) is 9.09. The third kappa shape index (κ3) is 4.13. The fourth-order valence-corrected chi connectivity index (χ4v) is 3.47. The average Bonchev–Trinajstić information content (AvgIpc) is 2.33. The lowest BCUT2D eigenvalue weighted by Crippen LogP contribution is -2.33. The summed E-state index contributed by atoms with van der Waals surface area (Å²) in [5, 5.41) is 0. The van der Waals surface area contributed by atoms with Gasteiger partial charge in [0.15, 0.2) is 0 Å². The lowest BCUT2D eigenvalue weighted by atomic mass is 10.2. The highest BCUT2D eigenvalue weighted by Gasteiger charge is 2.20. The number of rotatable bonds is 6. The standard InChI is InChI=1S/C10H16FN3O4S2/c1-7-9(11)5-8(12)6-10(7)20(17,18)14-3-4-19(15,16)13-2/h5-6,13-14H,3-4,12H2,1-2H3. The quantitative estimate of drug-likeness (QED) is 0.612. The van der Waals surface area contributed by atoms with Gasteiger partial charge in [0.2, 0.25) is 20.0 Å². The minimum absolute atomic E-state index is 0.0312. The summed E-state index contributed by atoms with van der Waals surface area (Å²) in [4.78, 5) is -0.308.